The van der Waals surface area contributed by atoms with Crippen molar-refractivity contribution in [2.45, 2.75) is 44.8 Å². The van der Waals surface area contributed by atoms with Crippen LogP contribution in [0.25, 0.3) is 0 Å². The second-order valence-corrected chi connectivity index (χ2v) is 7.56. The van der Waals surface area contributed by atoms with E-state index in [2.05, 4.69) is 10.0 Å². The van der Waals surface area contributed by atoms with Crippen molar-refractivity contribution in [3.05, 3.63) is 24.3 Å². The van der Waals surface area contributed by atoms with Crippen molar-refractivity contribution >= 4 is 15.7 Å². The first-order valence-electron chi connectivity index (χ1n) is 7.86. The predicted octanol–water partition coefficient (Wildman–Crippen LogP) is 3.00. The lowest BCUT2D eigenvalue weighted by atomic mass is 10.2. The summed E-state index contributed by atoms with van der Waals surface area (Å²) in [5.74, 6) is 0.846. The third-order valence-electron chi connectivity index (χ3n) is 3.68. The number of unbranched alkanes of at least 4 members (excludes halogenated alkanes) is 2. The van der Waals surface area contributed by atoms with Crippen LogP contribution in [0.2, 0.25) is 0 Å². The Bertz CT molecular complexity index is 515. The fourth-order valence-electron chi connectivity index (χ4n) is 1.94. The standard InChI is InChI=1S/C16H28N2O3S/c1-4-14(2)22(19,20)18-13-7-5-6-12-17-15-8-10-16(21-3)11-9-15/h8-11,14,17-18H,4-7,12-13H2,1-3H3. The van der Waals surface area contributed by atoms with Crippen molar-refractivity contribution in [3.8, 4) is 5.75 Å². The highest BCUT2D eigenvalue weighted by atomic mass is 32.2. The van der Waals surface area contributed by atoms with Gasteiger partial charge in [-0.2, -0.15) is 0 Å². The number of sulfonamides is 1. The summed E-state index contributed by atoms with van der Waals surface area (Å²) in [5, 5.41) is 3.02. The summed E-state index contributed by atoms with van der Waals surface area (Å²) in [6.45, 7) is 5.02. The lowest BCUT2D eigenvalue weighted by Crippen LogP contribution is -2.32. The quantitative estimate of drug-likeness (QED) is 0.613. The molecule has 0 saturated heterocycles. The molecule has 0 saturated carbocycles. The van der Waals surface area contributed by atoms with E-state index in [1.807, 2.05) is 31.2 Å². The Morgan fingerprint density at radius 3 is 2.32 bits per heavy atom. The molecule has 0 aliphatic heterocycles. The Hall–Kier alpha value is -1.27. The van der Waals surface area contributed by atoms with Gasteiger partial charge in [0.2, 0.25) is 10.0 Å². The van der Waals surface area contributed by atoms with E-state index >= 15 is 0 Å². The molecular weight excluding hydrogens is 300 g/mol. The van der Waals surface area contributed by atoms with Gasteiger partial charge in [-0.1, -0.05) is 13.3 Å². The van der Waals surface area contributed by atoms with E-state index < -0.39 is 10.0 Å². The van der Waals surface area contributed by atoms with Gasteiger partial charge in [0.15, 0.2) is 0 Å². The number of hydrogen-bond donors (Lipinski definition) is 2. The van der Waals surface area contributed by atoms with E-state index in [0.717, 1.165) is 37.2 Å². The molecule has 126 valence electrons. The van der Waals surface area contributed by atoms with Crippen molar-refractivity contribution < 1.29 is 13.2 Å². The minimum Gasteiger partial charge on any atom is -0.497 e. The number of nitrogens with one attached hydrogen (secondary N) is 2. The Balaban J connectivity index is 2.10. The molecule has 0 bridgehead atoms. The van der Waals surface area contributed by atoms with Gasteiger partial charge in [0.1, 0.15) is 5.75 Å². The molecule has 0 aliphatic rings. The number of rotatable bonds is 11. The van der Waals surface area contributed by atoms with E-state index in [0.29, 0.717) is 13.0 Å². The zero-order valence-electron chi connectivity index (χ0n) is 13.8. The lowest BCUT2D eigenvalue weighted by Gasteiger charge is -2.11. The molecule has 1 rings (SSSR count). The van der Waals surface area contributed by atoms with E-state index in [1.165, 1.54) is 0 Å². The fraction of sp³-hybridized carbons (Fsp3) is 0.625. The molecule has 0 aliphatic carbocycles. The Morgan fingerprint density at radius 1 is 1.09 bits per heavy atom. The van der Waals surface area contributed by atoms with Gasteiger partial charge in [0.25, 0.3) is 0 Å². The number of ether oxygens (including phenoxy) is 1. The van der Waals surface area contributed by atoms with Crippen LogP contribution < -0.4 is 14.8 Å². The second kappa shape index (κ2) is 9.69. The Labute approximate surface area is 134 Å². The molecule has 1 atom stereocenters. The first-order chi connectivity index (χ1) is 10.5. The third-order valence-corrected chi connectivity index (χ3v) is 5.68. The summed E-state index contributed by atoms with van der Waals surface area (Å²) >= 11 is 0. The van der Waals surface area contributed by atoms with Crippen LogP contribution in [-0.2, 0) is 10.0 Å². The van der Waals surface area contributed by atoms with Crippen molar-refractivity contribution in [2.24, 2.45) is 0 Å². The molecule has 22 heavy (non-hydrogen) atoms. The largest absolute Gasteiger partial charge is 0.497 e. The Kier molecular flexibility index (Phi) is 8.27. The van der Waals surface area contributed by atoms with Crippen LogP contribution in [0, 0.1) is 0 Å². The van der Waals surface area contributed by atoms with Crippen LogP contribution in [0.3, 0.4) is 0 Å². The summed E-state index contributed by atoms with van der Waals surface area (Å²) in [5.41, 5.74) is 1.07. The summed E-state index contributed by atoms with van der Waals surface area (Å²) in [4.78, 5) is 0. The van der Waals surface area contributed by atoms with E-state index in [4.69, 9.17) is 4.74 Å². The number of anilines is 1. The number of methoxy groups -OCH3 is 1. The average Bonchev–Trinajstić information content (AvgIpc) is 2.53. The minimum absolute atomic E-state index is 0.316. The smallest absolute Gasteiger partial charge is 0.214 e. The summed E-state index contributed by atoms with van der Waals surface area (Å²) < 4.78 is 31.3. The maximum Gasteiger partial charge on any atom is 0.214 e. The third kappa shape index (κ3) is 6.66. The number of benzene rings is 1. The molecule has 1 aromatic carbocycles. The molecule has 2 N–H and O–H groups in total. The van der Waals surface area contributed by atoms with Gasteiger partial charge in [0, 0.05) is 18.8 Å². The molecule has 0 spiro atoms. The van der Waals surface area contributed by atoms with Gasteiger partial charge in [-0.3, -0.25) is 0 Å². The van der Waals surface area contributed by atoms with Crippen LogP contribution in [0.1, 0.15) is 39.5 Å². The summed E-state index contributed by atoms with van der Waals surface area (Å²) in [6.07, 6.45) is 3.50. The second-order valence-electron chi connectivity index (χ2n) is 5.37. The van der Waals surface area contributed by atoms with Crippen LogP contribution in [0.4, 0.5) is 5.69 Å². The number of hydrogen-bond acceptors (Lipinski definition) is 4. The molecule has 0 amide bonds. The molecule has 0 aromatic heterocycles. The lowest BCUT2D eigenvalue weighted by molar-refractivity contribution is 0.415. The Morgan fingerprint density at radius 2 is 1.73 bits per heavy atom. The summed E-state index contributed by atoms with van der Waals surface area (Å²) in [6, 6.07) is 7.82. The fourth-order valence-corrected chi connectivity index (χ4v) is 3.10. The van der Waals surface area contributed by atoms with Gasteiger partial charge in [-0.15, -0.1) is 0 Å². The highest BCUT2D eigenvalue weighted by molar-refractivity contribution is 7.90. The normalized spacial score (nSPS) is 12.9. The van der Waals surface area contributed by atoms with Gasteiger partial charge in [0.05, 0.1) is 12.4 Å². The van der Waals surface area contributed by atoms with Crippen LogP contribution in [0.5, 0.6) is 5.75 Å². The van der Waals surface area contributed by atoms with Gasteiger partial charge in [-0.05, 0) is 50.5 Å². The maximum absolute atomic E-state index is 11.8. The zero-order chi connectivity index (χ0) is 16.4. The van der Waals surface area contributed by atoms with Gasteiger partial charge in [-0.25, -0.2) is 13.1 Å². The molecular formula is C16H28N2O3S. The monoisotopic (exact) mass is 328 g/mol. The van der Waals surface area contributed by atoms with E-state index in [9.17, 15) is 8.42 Å². The van der Waals surface area contributed by atoms with E-state index in [-0.39, 0.29) is 5.25 Å². The first-order valence-corrected chi connectivity index (χ1v) is 9.40. The topological polar surface area (TPSA) is 67.4 Å². The molecule has 5 nitrogen and oxygen atoms in total. The van der Waals surface area contributed by atoms with Crippen LogP contribution in [0.15, 0.2) is 24.3 Å². The minimum atomic E-state index is -3.13. The molecule has 1 aromatic rings. The molecule has 0 heterocycles. The summed E-state index contributed by atoms with van der Waals surface area (Å²) in [7, 11) is -1.48. The average molecular weight is 328 g/mol. The molecule has 6 heteroatoms. The van der Waals surface area contributed by atoms with Crippen molar-refractivity contribution in [1.82, 2.24) is 4.72 Å². The highest BCUT2D eigenvalue weighted by Gasteiger charge is 2.17. The van der Waals surface area contributed by atoms with Gasteiger partial charge < -0.3 is 10.1 Å². The molecule has 0 fully saturated rings. The molecule has 1 unspecified atom stereocenters. The first kappa shape index (κ1) is 18.8. The van der Waals surface area contributed by atoms with Crippen molar-refractivity contribution in [3.63, 3.8) is 0 Å². The van der Waals surface area contributed by atoms with Crippen LogP contribution in [-0.4, -0.2) is 33.9 Å². The predicted molar refractivity (Wildman–Crippen MR) is 92.0 cm³/mol. The van der Waals surface area contributed by atoms with Crippen LogP contribution >= 0.6 is 0 Å². The van der Waals surface area contributed by atoms with E-state index in [1.54, 1.807) is 14.0 Å². The molecule has 0 radical (unpaired) electrons. The van der Waals surface area contributed by atoms with Gasteiger partial charge >= 0.3 is 0 Å². The maximum atomic E-state index is 11.8. The SMILES string of the molecule is CCC(C)S(=O)(=O)NCCCCCNc1ccc(OC)cc1. The highest BCUT2D eigenvalue weighted by Crippen LogP contribution is 2.15. The zero-order valence-corrected chi connectivity index (χ0v) is 14.6. The van der Waals surface area contributed by atoms with Crippen molar-refractivity contribution in [1.29, 1.82) is 0 Å². The van der Waals surface area contributed by atoms with Crippen molar-refractivity contribution in [2.75, 3.05) is 25.5 Å².